The Balaban J connectivity index is 3.01. The number of carbonyl (C=O) groups excluding carboxylic acids is 1. The smallest absolute Gasteiger partial charge is 0.339 e. The maximum Gasteiger partial charge on any atom is 0.339 e. The molecule has 0 atom stereocenters. The Bertz CT molecular complexity index is 389. The highest BCUT2D eigenvalue weighted by molar-refractivity contribution is 5.92. The van der Waals surface area contributed by atoms with Gasteiger partial charge in [0, 0.05) is 5.56 Å². The molecule has 0 amide bonds. The predicted molar refractivity (Wildman–Crippen MR) is 62.9 cm³/mol. The second-order valence-corrected chi connectivity index (χ2v) is 4.63. The van der Waals surface area contributed by atoms with Gasteiger partial charge in [-0.25, -0.2) is 4.79 Å². The Morgan fingerprint density at radius 3 is 2.38 bits per heavy atom. The summed E-state index contributed by atoms with van der Waals surface area (Å²) in [6, 6.07) is 5.35. The van der Waals surface area contributed by atoms with Gasteiger partial charge in [-0.05, 0) is 39.8 Å². The molecule has 3 heteroatoms. The van der Waals surface area contributed by atoms with Crippen LogP contribution in [0.1, 0.15) is 36.7 Å². The lowest BCUT2D eigenvalue weighted by molar-refractivity contribution is 0.00684. The summed E-state index contributed by atoms with van der Waals surface area (Å²) in [7, 11) is 1.58. The molecule has 0 aliphatic heterocycles. The predicted octanol–water partition coefficient (Wildman–Crippen LogP) is 2.96. The molecule has 0 radical (unpaired) electrons. The Labute approximate surface area is 96.4 Å². The van der Waals surface area contributed by atoms with Gasteiger partial charge in [0.15, 0.2) is 0 Å². The summed E-state index contributed by atoms with van der Waals surface area (Å²) < 4.78 is 10.5. The van der Waals surface area contributed by atoms with Crippen molar-refractivity contribution in [2.24, 2.45) is 0 Å². The molecule has 0 aliphatic rings. The molecule has 0 fully saturated rings. The molecule has 0 spiro atoms. The monoisotopic (exact) mass is 222 g/mol. The van der Waals surface area contributed by atoms with E-state index in [-0.39, 0.29) is 5.97 Å². The lowest BCUT2D eigenvalue weighted by Gasteiger charge is -2.20. The van der Waals surface area contributed by atoms with Crippen molar-refractivity contribution in [3.63, 3.8) is 0 Å². The molecule has 1 rings (SSSR count). The van der Waals surface area contributed by atoms with Crippen LogP contribution in [0.25, 0.3) is 0 Å². The van der Waals surface area contributed by atoms with Crippen LogP contribution in [-0.4, -0.2) is 18.7 Å². The summed E-state index contributed by atoms with van der Waals surface area (Å²) >= 11 is 0. The Morgan fingerprint density at radius 1 is 1.25 bits per heavy atom. The third kappa shape index (κ3) is 2.99. The maximum absolute atomic E-state index is 11.9. The van der Waals surface area contributed by atoms with Gasteiger partial charge >= 0.3 is 5.97 Å². The minimum Gasteiger partial charge on any atom is -0.496 e. The molecule has 3 nitrogen and oxygen atoms in total. The summed E-state index contributed by atoms with van der Waals surface area (Å²) in [6.07, 6.45) is 0. The summed E-state index contributed by atoms with van der Waals surface area (Å²) in [6.45, 7) is 7.39. The molecule has 1 aromatic rings. The van der Waals surface area contributed by atoms with Crippen molar-refractivity contribution < 1.29 is 14.3 Å². The van der Waals surface area contributed by atoms with E-state index >= 15 is 0 Å². The molecule has 0 aromatic heterocycles. The fourth-order valence-electron chi connectivity index (χ4n) is 1.39. The van der Waals surface area contributed by atoms with Crippen LogP contribution in [0.2, 0.25) is 0 Å². The first-order valence-electron chi connectivity index (χ1n) is 5.22. The zero-order valence-electron chi connectivity index (χ0n) is 10.5. The molecule has 0 aliphatic carbocycles. The van der Waals surface area contributed by atoms with Crippen LogP contribution >= 0.6 is 0 Å². The highest BCUT2D eigenvalue weighted by Gasteiger charge is 2.20. The fraction of sp³-hybridized carbons (Fsp3) is 0.462. The zero-order chi connectivity index (χ0) is 12.3. The standard InChI is InChI=1S/C13H18O3/c1-9-10(7-6-8-11(9)15-5)12(14)16-13(2,3)4/h6-8H,1-5H3. The Hall–Kier alpha value is -1.51. The minimum atomic E-state index is -0.480. The molecule has 0 heterocycles. The van der Waals surface area contributed by atoms with Crippen LogP contribution < -0.4 is 4.74 Å². The fourth-order valence-corrected chi connectivity index (χ4v) is 1.39. The Morgan fingerprint density at radius 2 is 1.88 bits per heavy atom. The third-order valence-corrected chi connectivity index (χ3v) is 2.12. The van der Waals surface area contributed by atoms with Gasteiger partial charge in [-0.2, -0.15) is 0 Å². The molecular formula is C13H18O3. The average molecular weight is 222 g/mol. The van der Waals surface area contributed by atoms with E-state index in [1.54, 1.807) is 19.2 Å². The number of hydrogen-bond acceptors (Lipinski definition) is 3. The van der Waals surface area contributed by atoms with Crippen molar-refractivity contribution in [1.29, 1.82) is 0 Å². The van der Waals surface area contributed by atoms with Crippen LogP contribution in [0.3, 0.4) is 0 Å². The van der Waals surface area contributed by atoms with Crippen LogP contribution in [0.15, 0.2) is 18.2 Å². The maximum atomic E-state index is 11.9. The zero-order valence-corrected chi connectivity index (χ0v) is 10.5. The van der Waals surface area contributed by atoms with Gasteiger partial charge in [0.05, 0.1) is 12.7 Å². The number of hydrogen-bond donors (Lipinski definition) is 0. The first-order valence-corrected chi connectivity index (χ1v) is 5.22. The number of benzene rings is 1. The van der Waals surface area contributed by atoms with Crippen molar-refractivity contribution in [3.8, 4) is 5.75 Å². The summed E-state index contributed by atoms with van der Waals surface area (Å²) in [5, 5.41) is 0. The normalized spacial score (nSPS) is 11.1. The molecule has 0 saturated carbocycles. The minimum absolute atomic E-state index is 0.316. The Kier molecular flexibility index (Phi) is 3.58. The molecule has 0 N–H and O–H groups in total. The van der Waals surface area contributed by atoms with Gasteiger partial charge in [-0.1, -0.05) is 6.07 Å². The van der Waals surface area contributed by atoms with Crippen molar-refractivity contribution in [1.82, 2.24) is 0 Å². The molecular weight excluding hydrogens is 204 g/mol. The first kappa shape index (κ1) is 12.6. The largest absolute Gasteiger partial charge is 0.496 e. The first-order chi connectivity index (χ1) is 7.35. The van der Waals surface area contributed by atoms with Crippen molar-refractivity contribution in [2.75, 3.05) is 7.11 Å². The van der Waals surface area contributed by atoms with E-state index in [1.165, 1.54) is 0 Å². The second-order valence-electron chi connectivity index (χ2n) is 4.63. The van der Waals surface area contributed by atoms with Crippen LogP contribution in [-0.2, 0) is 4.74 Å². The van der Waals surface area contributed by atoms with Crippen molar-refractivity contribution >= 4 is 5.97 Å². The van der Waals surface area contributed by atoms with Crippen molar-refractivity contribution in [2.45, 2.75) is 33.3 Å². The molecule has 0 bridgehead atoms. The second kappa shape index (κ2) is 4.56. The van der Waals surface area contributed by atoms with Crippen LogP contribution in [0.5, 0.6) is 5.75 Å². The summed E-state index contributed by atoms with van der Waals surface area (Å²) in [5.74, 6) is 0.382. The van der Waals surface area contributed by atoms with Gasteiger partial charge < -0.3 is 9.47 Å². The molecule has 1 aromatic carbocycles. The van der Waals surface area contributed by atoms with E-state index < -0.39 is 5.60 Å². The third-order valence-electron chi connectivity index (χ3n) is 2.12. The summed E-state index contributed by atoms with van der Waals surface area (Å²) in [4.78, 5) is 11.9. The van der Waals surface area contributed by atoms with Gasteiger partial charge in [0.2, 0.25) is 0 Å². The number of carbonyl (C=O) groups is 1. The molecule has 0 saturated heterocycles. The van der Waals surface area contributed by atoms with Gasteiger partial charge in [0.25, 0.3) is 0 Å². The van der Waals surface area contributed by atoms with E-state index in [1.807, 2.05) is 33.8 Å². The number of esters is 1. The quantitative estimate of drug-likeness (QED) is 0.722. The number of rotatable bonds is 2. The molecule has 0 unspecified atom stereocenters. The van der Waals surface area contributed by atoms with E-state index in [0.29, 0.717) is 11.3 Å². The molecule has 16 heavy (non-hydrogen) atoms. The highest BCUT2D eigenvalue weighted by atomic mass is 16.6. The number of ether oxygens (including phenoxy) is 2. The van der Waals surface area contributed by atoms with Crippen molar-refractivity contribution in [3.05, 3.63) is 29.3 Å². The van der Waals surface area contributed by atoms with E-state index in [2.05, 4.69) is 0 Å². The average Bonchev–Trinajstić information content (AvgIpc) is 2.15. The van der Waals surface area contributed by atoms with E-state index in [0.717, 1.165) is 5.56 Å². The molecule has 88 valence electrons. The number of methoxy groups -OCH3 is 1. The lowest BCUT2D eigenvalue weighted by Crippen LogP contribution is -2.24. The van der Waals surface area contributed by atoms with Gasteiger partial charge in [-0.15, -0.1) is 0 Å². The SMILES string of the molecule is COc1cccc(C(=O)OC(C)(C)C)c1C. The van der Waals surface area contributed by atoms with Gasteiger partial charge in [0.1, 0.15) is 11.4 Å². The summed E-state index contributed by atoms with van der Waals surface area (Å²) in [5.41, 5.74) is 0.876. The lowest BCUT2D eigenvalue weighted by atomic mass is 10.1. The van der Waals surface area contributed by atoms with Gasteiger partial charge in [-0.3, -0.25) is 0 Å². The van der Waals surface area contributed by atoms with Crippen LogP contribution in [0.4, 0.5) is 0 Å². The highest BCUT2D eigenvalue weighted by Crippen LogP contribution is 2.23. The van der Waals surface area contributed by atoms with E-state index in [4.69, 9.17) is 9.47 Å². The van der Waals surface area contributed by atoms with E-state index in [9.17, 15) is 4.79 Å². The topological polar surface area (TPSA) is 35.5 Å². The van der Waals surface area contributed by atoms with Crippen LogP contribution in [0, 0.1) is 6.92 Å².